The Labute approximate surface area is 97.8 Å². The second-order valence-corrected chi connectivity index (χ2v) is 4.79. The molecule has 0 bridgehead atoms. The van der Waals surface area contributed by atoms with Crippen LogP contribution in [0.3, 0.4) is 0 Å². The van der Waals surface area contributed by atoms with Gasteiger partial charge in [-0.15, -0.1) is 0 Å². The fraction of sp³-hybridized carbons (Fsp3) is 0.917. The number of hydrogen-bond acceptors (Lipinski definition) is 3. The Hall–Kier alpha value is -0.610. The second kappa shape index (κ2) is 5.64. The molecule has 1 aliphatic heterocycles. The van der Waals surface area contributed by atoms with Crippen LogP contribution >= 0.6 is 0 Å². The van der Waals surface area contributed by atoms with E-state index in [9.17, 15) is 4.79 Å². The zero-order chi connectivity index (χ0) is 11.4. The third-order valence-electron chi connectivity index (χ3n) is 3.73. The number of amides is 1. The van der Waals surface area contributed by atoms with E-state index in [2.05, 4.69) is 15.5 Å². The molecule has 2 fully saturated rings. The molecule has 0 radical (unpaired) electrons. The highest BCUT2D eigenvalue weighted by molar-refractivity contribution is 5.82. The fourth-order valence-corrected chi connectivity index (χ4v) is 2.93. The molecule has 1 saturated carbocycles. The van der Waals surface area contributed by atoms with Gasteiger partial charge in [-0.2, -0.15) is 0 Å². The summed E-state index contributed by atoms with van der Waals surface area (Å²) in [6, 6.07) is 0.700. The van der Waals surface area contributed by atoms with Gasteiger partial charge >= 0.3 is 0 Å². The molecule has 0 aromatic rings. The fourth-order valence-electron chi connectivity index (χ4n) is 2.93. The predicted octanol–water partition coefficient (Wildman–Crippen LogP) is 0.339. The minimum absolute atomic E-state index is 0.0526. The molecule has 92 valence electrons. The summed E-state index contributed by atoms with van der Waals surface area (Å²) in [5.41, 5.74) is 0. The molecule has 1 amide bonds. The molecule has 4 nitrogen and oxygen atoms in total. The van der Waals surface area contributed by atoms with Crippen molar-refractivity contribution in [2.45, 2.75) is 44.7 Å². The van der Waals surface area contributed by atoms with E-state index in [-0.39, 0.29) is 11.9 Å². The zero-order valence-corrected chi connectivity index (χ0v) is 10.2. The molecule has 4 heteroatoms. The Kier molecular flexibility index (Phi) is 4.18. The molecule has 1 saturated heterocycles. The highest BCUT2D eigenvalue weighted by atomic mass is 16.2. The number of rotatable bonds is 3. The maximum Gasteiger partial charge on any atom is 0.238 e. The maximum absolute atomic E-state index is 12.0. The van der Waals surface area contributed by atoms with Gasteiger partial charge in [-0.05, 0) is 19.8 Å². The van der Waals surface area contributed by atoms with Crippen LogP contribution in [-0.4, -0.2) is 49.1 Å². The molecule has 16 heavy (non-hydrogen) atoms. The lowest BCUT2D eigenvalue weighted by molar-refractivity contribution is -0.128. The zero-order valence-electron chi connectivity index (χ0n) is 10.2. The van der Waals surface area contributed by atoms with Crippen LogP contribution in [-0.2, 0) is 4.79 Å². The van der Waals surface area contributed by atoms with Crippen LogP contribution in [0.15, 0.2) is 0 Å². The second-order valence-electron chi connectivity index (χ2n) is 4.79. The van der Waals surface area contributed by atoms with Crippen molar-refractivity contribution in [2.24, 2.45) is 0 Å². The molecular formula is C12H23N3O. The Morgan fingerprint density at radius 1 is 1.44 bits per heavy atom. The van der Waals surface area contributed by atoms with E-state index < -0.39 is 0 Å². The quantitative estimate of drug-likeness (QED) is 0.728. The molecule has 1 unspecified atom stereocenters. The van der Waals surface area contributed by atoms with Gasteiger partial charge in [0.05, 0.1) is 0 Å². The van der Waals surface area contributed by atoms with Gasteiger partial charge in [0.25, 0.3) is 0 Å². The maximum atomic E-state index is 12.0. The van der Waals surface area contributed by atoms with Crippen LogP contribution in [0.2, 0.25) is 0 Å². The van der Waals surface area contributed by atoms with Crippen molar-refractivity contribution >= 4 is 5.91 Å². The summed E-state index contributed by atoms with van der Waals surface area (Å²) in [4.78, 5) is 14.4. The first-order chi connectivity index (χ1) is 7.83. The summed E-state index contributed by atoms with van der Waals surface area (Å²) in [5.74, 6) is 0.196. The van der Waals surface area contributed by atoms with Crippen molar-refractivity contribution in [1.82, 2.24) is 15.5 Å². The van der Waals surface area contributed by atoms with Crippen LogP contribution in [0.25, 0.3) is 0 Å². The van der Waals surface area contributed by atoms with E-state index in [1.54, 1.807) is 0 Å². The molecule has 1 heterocycles. The normalized spacial score (nSPS) is 28.2. The van der Waals surface area contributed by atoms with Crippen molar-refractivity contribution in [1.29, 1.82) is 0 Å². The summed E-state index contributed by atoms with van der Waals surface area (Å²) >= 11 is 0. The minimum Gasteiger partial charge on any atom is -0.355 e. The standard InChI is InChI=1S/C12H23N3O/c1-2-14-12(16)11-9-13-7-8-15(11)10-5-3-4-6-10/h10-11,13H,2-9H2,1H3,(H,14,16). The Morgan fingerprint density at radius 2 is 2.19 bits per heavy atom. The van der Waals surface area contributed by atoms with Crippen LogP contribution in [0.4, 0.5) is 0 Å². The van der Waals surface area contributed by atoms with E-state index in [0.29, 0.717) is 6.04 Å². The van der Waals surface area contributed by atoms with Crippen molar-refractivity contribution < 1.29 is 4.79 Å². The average Bonchev–Trinajstić information content (AvgIpc) is 2.83. The van der Waals surface area contributed by atoms with Crippen LogP contribution in [0.1, 0.15) is 32.6 Å². The third-order valence-corrected chi connectivity index (χ3v) is 3.73. The third kappa shape index (κ3) is 2.55. The molecular weight excluding hydrogens is 202 g/mol. The number of carbonyl (C=O) groups excluding carboxylic acids is 1. The van der Waals surface area contributed by atoms with Gasteiger partial charge < -0.3 is 10.6 Å². The van der Waals surface area contributed by atoms with Crippen LogP contribution in [0.5, 0.6) is 0 Å². The molecule has 0 spiro atoms. The molecule has 2 N–H and O–H groups in total. The summed E-state index contributed by atoms with van der Waals surface area (Å²) in [5, 5.41) is 6.27. The first-order valence-corrected chi connectivity index (χ1v) is 6.57. The summed E-state index contributed by atoms with van der Waals surface area (Å²) < 4.78 is 0. The van der Waals surface area contributed by atoms with Gasteiger partial charge in [0.1, 0.15) is 6.04 Å². The predicted molar refractivity (Wildman–Crippen MR) is 64.3 cm³/mol. The van der Waals surface area contributed by atoms with E-state index in [4.69, 9.17) is 0 Å². The van der Waals surface area contributed by atoms with Crippen molar-refractivity contribution in [3.05, 3.63) is 0 Å². The Balaban J connectivity index is 1.98. The van der Waals surface area contributed by atoms with Gasteiger partial charge in [0.2, 0.25) is 5.91 Å². The topological polar surface area (TPSA) is 44.4 Å². The Morgan fingerprint density at radius 3 is 2.88 bits per heavy atom. The van der Waals surface area contributed by atoms with E-state index in [1.807, 2.05) is 6.92 Å². The molecule has 2 rings (SSSR count). The van der Waals surface area contributed by atoms with E-state index in [0.717, 1.165) is 26.2 Å². The number of nitrogens with zero attached hydrogens (tertiary/aromatic N) is 1. The number of nitrogens with one attached hydrogen (secondary N) is 2. The lowest BCUT2D eigenvalue weighted by atomic mass is 10.1. The van der Waals surface area contributed by atoms with Gasteiger partial charge in [0.15, 0.2) is 0 Å². The lowest BCUT2D eigenvalue weighted by Gasteiger charge is -2.39. The first kappa shape index (κ1) is 11.9. The number of piperazine rings is 1. The molecule has 2 aliphatic rings. The summed E-state index contributed by atoms with van der Waals surface area (Å²) in [6.07, 6.45) is 5.21. The van der Waals surface area contributed by atoms with Crippen molar-refractivity contribution in [3.8, 4) is 0 Å². The molecule has 1 aliphatic carbocycles. The number of likely N-dealkylation sites (N-methyl/N-ethyl adjacent to an activating group) is 1. The average molecular weight is 225 g/mol. The van der Waals surface area contributed by atoms with Crippen LogP contribution in [0, 0.1) is 0 Å². The minimum atomic E-state index is 0.0526. The summed E-state index contributed by atoms with van der Waals surface area (Å²) in [7, 11) is 0. The van der Waals surface area contributed by atoms with Crippen molar-refractivity contribution in [3.63, 3.8) is 0 Å². The molecule has 0 aromatic heterocycles. The van der Waals surface area contributed by atoms with Crippen molar-refractivity contribution in [2.75, 3.05) is 26.2 Å². The first-order valence-electron chi connectivity index (χ1n) is 6.57. The SMILES string of the molecule is CCNC(=O)C1CNCCN1C1CCCC1. The molecule has 1 atom stereocenters. The van der Waals surface area contributed by atoms with Gasteiger partial charge in [-0.3, -0.25) is 9.69 Å². The van der Waals surface area contributed by atoms with E-state index >= 15 is 0 Å². The molecule has 0 aromatic carbocycles. The lowest BCUT2D eigenvalue weighted by Crippen LogP contribution is -2.60. The van der Waals surface area contributed by atoms with Gasteiger partial charge in [0, 0.05) is 32.2 Å². The highest BCUT2D eigenvalue weighted by Crippen LogP contribution is 2.25. The smallest absolute Gasteiger partial charge is 0.238 e. The summed E-state index contributed by atoms with van der Waals surface area (Å²) in [6.45, 7) is 5.56. The largest absolute Gasteiger partial charge is 0.355 e. The van der Waals surface area contributed by atoms with Gasteiger partial charge in [-0.25, -0.2) is 0 Å². The number of carbonyl (C=O) groups is 1. The Bertz CT molecular complexity index is 238. The van der Waals surface area contributed by atoms with Gasteiger partial charge in [-0.1, -0.05) is 12.8 Å². The number of hydrogen-bond donors (Lipinski definition) is 2. The monoisotopic (exact) mass is 225 g/mol. The van der Waals surface area contributed by atoms with E-state index in [1.165, 1.54) is 25.7 Å². The highest BCUT2D eigenvalue weighted by Gasteiger charge is 2.34. The van der Waals surface area contributed by atoms with Crippen LogP contribution < -0.4 is 10.6 Å².